The molecule has 0 aromatic rings. The van der Waals surface area contributed by atoms with Gasteiger partial charge in [0.25, 0.3) is 0 Å². The van der Waals surface area contributed by atoms with E-state index in [4.69, 9.17) is 5.73 Å². The third-order valence-corrected chi connectivity index (χ3v) is 10.4. The third-order valence-electron chi connectivity index (χ3n) is 10.4. The van der Waals surface area contributed by atoms with Gasteiger partial charge in [0.05, 0.1) is 0 Å². The van der Waals surface area contributed by atoms with Gasteiger partial charge in [0.15, 0.2) is 0 Å². The minimum Gasteiger partial charge on any atom is -0.370 e. The number of carbonyl (C=O) groups is 1. The van der Waals surface area contributed by atoms with Gasteiger partial charge in [-0.2, -0.15) is 0 Å². The van der Waals surface area contributed by atoms with E-state index in [0.717, 1.165) is 0 Å². The number of amides is 1. The zero-order chi connectivity index (χ0) is 32.7. The lowest BCUT2D eigenvalue weighted by molar-refractivity contribution is -0.119. The fourth-order valence-corrected chi connectivity index (χ4v) is 7.30. The minimum atomic E-state index is -0.0928. The Morgan fingerprint density at radius 2 is 0.511 bits per heavy atom. The van der Waals surface area contributed by atoms with Crippen LogP contribution in [0, 0.1) is 5.92 Å². The molecule has 1 amide bonds. The summed E-state index contributed by atoms with van der Waals surface area (Å²) in [5.41, 5.74) is 5.60. The van der Waals surface area contributed by atoms with E-state index in [9.17, 15) is 4.79 Å². The zero-order valence-corrected chi connectivity index (χ0v) is 31.6. The van der Waals surface area contributed by atoms with Gasteiger partial charge in [-0.15, -0.1) is 0 Å². The monoisotopic (exact) mass is 634 g/mol. The highest BCUT2D eigenvalue weighted by Gasteiger charge is 2.11. The van der Waals surface area contributed by atoms with Crippen LogP contribution in [-0.2, 0) is 4.79 Å². The van der Waals surface area contributed by atoms with Crippen LogP contribution in [0.15, 0.2) is 0 Å². The lowest BCUT2D eigenvalue weighted by Gasteiger charge is -2.15. The number of rotatable bonds is 40. The first-order chi connectivity index (χ1) is 22.2. The Morgan fingerprint density at radius 3 is 0.689 bits per heavy atom. The topological polar surface area (TPSA) is 43.1 Å². The highest BCUT2D eigenvalue weighted by atomic mass is 16.1. The molecular formula is C43H87NO. The molecule has 45 heavy (non-hydrogen) atoms. The molecule has 0 atom stereocenters. The fourth-order valence-electron chi connectivity index (χ4n) is 7.30. The maximum atomic E-state index is 11.6. The van der Waals surface area contributed by atoms with Crippen LogP contribution < -0.4 is 5.73 Å². The normalized spacial score (nSPS) is 11.6. The molecule has 0 aromatic heterocycles. The summed E-state index contributed by atoms with van der Waals surface area (Å²) in [5, 5.41) is 0. The molecule has 0 aromatic carbocycles. The van der Waals surface area contributed by atoms with E-state index in [1.165, 1.54) is 244 Å². The molecule has 0 radical (unpaired) electrons. The van der Waals surface area contributed by atoms with Gasteiger partial charge in [-0.1, -0.05) is 245 Å². The number of carbonyl (C=O) groups excluding carboxylic acids is 1. The van der Waals surface area contributed by atoms with Crippen molar-refractivity contribution < 1.29 is 4.79 Å². The first-order valence-corrected chi connectivity index (χ1v) is 21.5. The molecule has 0 bridgehead atoms. The van der Waals surface area contributed by atoms with Gasteiger partial charge in [-0.05, 0) is 18.8 Å². The number of primary amides is 1. The molecule has 0 heterocycles. The Morgan fingerprint density at radius 1 is 0.333 bits per heavy atom. The average molecular weight is 634 g/mol. The van der Waals surface area contributed by atoms with Crippen molar-refractivity contribution in [1.29, 1.82) is 0 Å². The maximum Gasteiger partial charge on any atom is 0.217 e. The van der Waals surface area contributed by atoms with Gasteiger partial charge in [-0.25, -0.2) is 0 Å². The third kappa shape index (κ3) is 39.6. The Labute approximate surface area is 286 Å². The van der Waals surface area contributed by atoms with Gasteiger partial charge >= 0.3 is 0 Å². The molecule has 0 aliphatic rings. The van der Waals surface area contributed by atoms with Crippen molar-refractivity contribution in [3.8, 4) is 0 Å². The van der Waals surface area contributed by atoms with Gasteiger partial charge < -0.3 is 5.73 Å². The molecule has 0 unspecified atom stereocenters. The van der Waals surface area contributed by atoms with E-state index in [2.05, 4.69) is 13.8 Å². The Hall–Kier alpha value is -0.530. The van der Waals surface area contributed by atoms with E-state index in [-0.39, 0.29) is 5.91 Å². The lowest BCUT2D eigenvalue weighted by Crippen LogP contribution is -2.16. The van der Waals surface area contributed by atoms with E-state index >= 15 is 0 Å². The van der Waals surface area contributed by atoms with E-state index in [1.54, 1.807) is 0 Å². The second-order valence-corrected chi connectivity index (χ2v) is 15.1. The standard InChI is InChI=1S/C43H87NO/c1-3-5-7-9-11-13-15-17-19-21-23-25-27-29-31-33-35-37-39-42(41-43(44)45)40-38-36-34-32-30-28-26-24-22-20-18-16-14-12-10-8-6-4-2/h42H,3-41H2,1-2H3,(H2,44,45). The summed E-state index contributed by atoms with van der Waals surface area (Å²) in [6, 6.07) is 0. The summed E-state index contributed by atoms with van der Waals surface area (Å²) in [6.45, 7) is 4.60. The van der Waals surface area contributed by atoms with Gasteiger partial charge in [0, 0.05) is 6.42 Å². The Bertz CT molecular complexity index is 506. The van der Waals surface area contributed by atoms with E-state index in [0.29, 0.717) is 12.3 Å². The van der Waals surface area contributed by atoms with Crippen LogP contribution in [0.4, 0.5) is 0 Å². The lowest BCUT2D eigenvalue weighted by atomic mass is 9.91. The van der Waals surface area contributed by atoms with Crippen LogP contribution in [0.25, 0.3) is 0 Å². The molecule has 0 spiro atoms. The highest BCUT2D eigenvalue weighted by Crippen LogP contribution is 2.23. The van der Waals surface area contributed by atoms with Crippen molar-refractivity contribution in [2.24, 2.45) is 11.7 Å². The Balaban J connectivity index is 3.44. The molecule has 0 saturated carbocycles. The first-order valence-electron chi connectivity index (χ1n) is 21.5. The van der Waals surface area contributed by atoms with E-state index in [1.807, 2.05) is 0 Å². The summed E-state index contributed by atoms with van der Waals surface area (Å²) < 4.78 is 0. The van der Waals surface area contributed by atoms with Crippen LogP contribution in [-0.4, -0.2) is 5.91 Å². The van der Waals surface area contributed by atoms with Crippen molar-refractivity contribution in [2.75, 3.05) is 0 Å². The Kier molecular flexibility index (Phi) is 39.2. The van der Waals surface area contributed by atoms with Crippen LogP contribution in [0.3, 0.4) is 0 Å². The fraction of sp³-hybridized carbons (Fsp3) is 0.977. The largest absolute Gasteiger partial charge is 0.370 e. The molecule has 2 nitrogen and oxygen atoms in total. The summed E-state index contributed by atoms with van der Waals surface area (Å²) in [4.78, 5) is 11.6. The predicted octanol–water partition coefficient (Wildman–Crippen LogP) is 15.3. The molecule has 0 saturated heterocycles. The maximum absolute atomic E-state index is 11.6. The SMILES string of the molecule is CCCCCCCCCCCCCCCCCCCCC(CCCCCCCCCCCCCCCCCCCC)CC(N)=O. The molecule has 270 valence electrons. The molecular weight excluding hydrogens is 546 g/mol. The highest BCUT2D eigenvalue weighted by molar-refractivity contribution is 5.73. The van der Waals surface area contributed by atoms with Gasteiger partial charge in [0.1, 0.15) is 0 Å². The van der Waals surface area contributed by atoms with Crippen LogP contribution in [0.2, 0.25) is 0 Å². The molecule has 0 rings (SSSR count). The van der Waals surface area contributed by atoms with Crippen molar-refractivity contribution in [3.63, 3.8) is 0 Å². The molecule has 0 aliphatic carbocycles. The summed E-state index contributed by atoms with van der Waals surface area (Å²) in [5.74, 6) is 0.439. The van der Waals surface area contributed by atoms with Crippen molar-refractivity contribution in [2.45, 2.75) is 264 Å². The molecule has 2 N–H and O–H groups in total. The van der Waals surface area contributed by atoms with Crippen LogP contribution in [0.1, 0.15) is 264 Å². The summed E-state index contributed by atoms with van der Waals surface area (Å²) >= 11 is 0. The summed E-state index contributed by atoms with van der Waals surface area (Å²) in [6.07, 6.45) is 54.2. The first kappa shape index (κ1) is 44.5. The number of unbranched alkanes of at least 4 members (excludes halogenated alkanes) is 34. The number of hydrogen-bond acceptors (Lipinski definition) is 1. The molecule has 0 fully saturated rings. The number of hydrogen-bond donors (Lipinski definition) is 1. The van der Waals surface area contributed by atoms with Crippen molar-refractivity contribution in [3.05, 3.63) is 0 Å². The van der Waals surface area contributed by atoms with E-state index < -0.39 is 0 Å². The average Bonchev–Trinajstić information content (AvgIpc) is 3.03. The summed E-state index contributed by atoms with van der Waals surface area (Å²) in [7, 11) is 0. The van der Waals surface area contributed by atoms with Gasteiger partial charge in [0.2, 0.25) is 5.91 Å². The van der Waals surface area contributed by atoms with Crippen LogP contribution >= 0.6 is 0 Å². The van der Waals surface area contributed by atoms with Gasteiger partial charge in [-0.3, -0.25) is 4.79 Å². The molecule has 0 aliphatic heterocycles. The quantitative estimate of drug-likeness (QED) is 0.0670. The minimum absolute atomic E-state index is 0.0928. The second kappa shape index (κ2) is 39.6. The number of nitrogens with two attached hydrogens (primary N) is 1. The van der Waals surface area contributed by atoms with Crippen molar-refractivity contribution >= 4 is 5.91 Å². The van der Waals surface area contributed by atoms with Crippen molar-refractivity contribution in [1.82, 2.24) is 0 Å². The van der Waals surface area contributed by atoms with Crippen LogP contribution in [0.5, 0.6) is 0 Å². The molecule has 2 heteroatoms. The zero-order valence-electron chi connectivity index (χ0n) is 31.6. The predicted molar refractivity (Wildman–Crippen MR) is 204 cm³/mol. The second-order valence-electron chi connectivity index (χ2n) is 15.1. The smallest absolute Gasteiger partial charge is 0.217 e.